The van der Waals surface area contributed by atoms with Crippen LogP contribution in [-0.4, -0.2) is 62.6 Å². The number of fused-ring (bicyclic) bond motifs is 1. The zero-order chi connectivity index (χ0) is 25.9. The van der Waals surface area contributed by atoms with Crippen molar-refractivity contribution in [2.75, 3.05) is 27.4 Å². The van der Waals surface area contributed by atoms with Crippen molar-refractivity contribution in [1.29, 1.82) is 0 Å². The fourth-order valence-electron chi connectivity index (χ4n) is 4.08. The van der Waals surface area contributed by atoms with Gasteiger partial charge >= 0.3 is 5.97 Å². The van der Waals surface area contributed by atoms with Gasteiger partial charge in [-0.2, -0.15) is 9.30 Å². The number of esters is 1. The summed E-state index contributed by atoms with van der Waals surface area (Å²) in [6.07, 6.45) is 0.891. The second-order valence-electron chi connectivity index (χ2n) is 8.01. The van der Waals surface area contributed by atoms with Gasteiger partial charge in [0.2, 0.25) is 10.0 Å². The molecule has 1 fully saturated rings. The van der Waals surface area contributed by atoms with E-state index < -0.39 is 27.9 Å². The lowest BCUT2D eigenvalue weighted by Crippen LogP contribution is -2.40. The molecule has 1 aliphatic heterocycles. The zero-order valence-corrected chi connectivity index (χ0v) is 21.8. The molecule has 0 N–H and O–H groups in total. The molecule has 1 atom stereocenters. The molecule has 2 aromatic carbocycles. The average molecular weight is 534 g/mol. The Morgan fingerprint density at radius 3 is 2.44 bits per heavy atom. The summed E-state index contributed by atoms with van der Waals surface area (Å²) in [6, 6.07) is 10.4. The van der Waals surface area contributed by atoms with Crippen molar-refractivity contribution in [2.45, 2.75) is 37.2 Å². The van der Waals surface area contributed by atoms with Crippen LogP contribution >= 0.6 is 11.3 Å². The Hall–Kier alpha value is -3.22. The van der Waals surface area contributed by atoms with E-state index in [1.165, 1.54) is 34.9 Å². The molecule has 1 unspecified atom stereocenters. The molecule has 36 heavy (non-hydrogen) atoms. The van der Waals surface area contributed by atoms with E-state index in [2.05, 4.69) is 4.99 Å². The molecular weight excluding hydrogens is 506 g/mol. The molecule has 0 aliphatic carbocycles. The van der Waals surface area contributed by atoms with Crippen LogP contribution in [0.5, 0.6) is 11.5 Å². The van der Waals surface area contributed by atoms with Crippen LogP contribution in [0.2, 0.25) is 0 Å². The van der Waals surface area contributed by atoms with Gasteiger partial charge in [-0.15, -0.1) is 0 Å². The molecule has 2 heterocycles. The number of carbonyl (C=O) groups excluding carboxylic acids is 2. The highest BCUT2D eigenvalue weighted by Gasteiger charge is 2.39. The third-order valence-corrected chi connectivity index (χ3v) is 8.81. The highest BCUT2D eigenvalue weighted by atomic mass is 32.2. The maximum atomic E-state index is 13.3. The van der Waals surface area contributed by atoms with Crippen LogP contribution in [0.15, 0.2) is 52.4 Å². The van der Waals surface area contributed by atoms with Crippen LogP contribution in [0.1, 0.15) is 19.8 Å². The largest absolute Gasteiger partial charge is 0.497 e. The van der Waals surface area contributed by atoms with Crippen LogP contribution in [0, 0.1) is 0 Å². The number of nitrogens with zero attached hydrogens (tertiary/aromatic N) is 3. The first-order valence-electron chi connectivity index (χ1n) is 11.4. The normalized spacial score (nSPS) is 16.9. The van der Waals surface area contributed by atoms with Crippen molar-refractivity contribution in [2.24, 2.45) is 4.99 Å². The van der Waals surface area contributed by atoms with Gasteiger partial charge in [-0.05, 0) is 62.2 Å². The Morgan fingerprint density at radius 1 is 1.08 bits per heavy atom. The number of sulfonamides is 1. The lowest BCUT2D eigenvalue weighted by molar-refractivity contribution is -0.143. The maximum absolute atomic E-state index is 13.3. The standard InChI is InChI=1S/C24H27N3O7S2/c1-4-34-22(28)15-26-19-12-9-17(33-3)14-21(19)35-24(26)25-23(29)20-6-5-13-27(20)36(30,31)18-10-7-16(32-2)8-11-18/h7-12,14,20H,4-6,13,15H2,1-3H3. The number of aromatic nitrogens is 1. The molecule has 1 amide bonds. The zero-order valence-electron chi connectivity index (χ0n) is 20.2. The predicted octanol–water partition coefficient (Wildman–Crippen LogP) is 2.56. The third-order valence-electron chi connectivity index (χ3n) is 5.84. The first-order chi connectivity index (χ1) is 17.3. The fraction of sp³-hybridized carbons (Fsp3) is 0.375. The van der Waals surface area contributed by atoms with Crippen LogP contribution in [0.25, 0.3) is 10.2 Å². The summed E-state index contributed by atoms with van der Waals surface area (Å²) in [5.74, 6) is 0.107. The van der Waals surface area contributed by atoms with Crippen LogP contribution in [0.4, 0.5) is 0 Å². The molecule has 3 aromatic rings. The molecule has 192 valence electrons. The molecule has 0 spiro atoms. The average Bonchev–Trinajstić information content (AvgIpc) is 3.50. The van der Waals surface area contributed by atoms with Crippen LogP contribution < -0.4 is 14.3 Å². The summed E-state index contributed by atoms with van der Waals surface area (Å²) in [5, 5.41) is 0. The predicted molar refractivity (Wildman–Crippen MR) is 133 cm³/mol. The number of carbonyl (C=O) groups is 2. The topological polar surface area (TPSA) is 116 Å². The van der Waals surface area contributed by atoms with Crippen molar-refractivity contribution in [1.82, 2.24) is 8.87 Å². The number of methoxy groups -OCH3 is 2. The first kappa shape index (κ1) is 25.9. The number of hydrogen-bond donors (Lipinski definition) is 0. The summed E-state index contributed by atoms with van der Waals surface area (Å²) in [6.45, 7) is 2.02. The van der Waals surface area contributed by atoms with Crippen molar-refractivity contribution in [3.05, 3.63) is 47.3 Å². The van der Waals surface area contributed by atoms with Crippen molar-refractivity contribution in [3.8, 4) is 11.5 Å². The summed E-state index contributed by atoms with van der Waals surface area (Å²) in [7, 11) is -0.869. The first-order valence-corrected chi connectivity index (χ1v) is 13.6. The molecule has 4 rings (SSSR count). The Morgan fingerprint density at radius 2 is 1.78 bits per heavy atom. The molecule has 1 aromatic heterocycles. The molecule has 1 aliphatic rings. The van der Waals surface area contributed by atoms with E-state index in [1.807, 2.05) is 0 Å². The summed E-state index contributed by atoms with van der Waals surface area (Å²) in [5.41, 5.74) is 0.689. The Kier molecular flexibility index (Phi) is 7.76. The van der Waals surface area contributed by atoms with Gasteiger partial charge in [-0.25, -0.2) is 8.42 Å². The molecular formula is C24H27N3O7S2. The highest BCUT2D eigenvalue weighted by molar-refractivity contribution is 7.89. The Bertz CT molecular complexity index is 1440. The number of ether oxygens (including phenoxy) is 3. The minimum absolute atomic E-state index is 0.0781. The van der Waals surface area contributed by atoms with E-state index >= 15 is 0 Å². The summed E-state index contributed by atoms with van der Waals surface area (Å²) in [4.78, 5) is 30.3. The number of thiazole rings is 1. The molecule has 1 saturated heterocycles. The maximum Gasteiger partial charge on any atom is 0.326 e. The lowest BCUT2D eigenvalue weighted by Gasteiger charge is -2.21. The van der Waals surface area contributed by atoms with E-state index in [1.54, 1.807) is 48.9 Å². The Labute approximate surface area is 212 Å². The fourth-order valence-corrected chi connectivity index (χ4v) is 6.80. The number of rotatable bonds is 8. The number of amides is 1. The number of hydrogen-bond acceptors (Lipinski definition) is 8. The van der Waals surface area contributed by atoms with Gasteiger partial charge in [0.1, 0.15) is 24.1 Å². The van der Waals surface area contributed by atoms with E-state index in [4.69, 9.17) is 14.2 Å². The van der Waals surface area contributed by atoms with E-state index in [9.17, 15) is 18.0 Å². The van der Waals surface area contributed by atoms with Gasteiger partial charge in [0, 0.05) is 6.54 Å². The smallest absolute Gasteiger partial charge is 0.326 e. The van der Waals surface area contributed by atoms with Crippen molar-refractivity contribution in [3.63, 3.8) is 0 Å². The second kappa shape index (κ2) is 10.8. The lowest BCUT2D eigenvalue weighted by atomic mass is 10.2. The van der Waals surface area contributed by atoms with Crippen LogP contribution in [0.3, 0.4) is 0 Å². The molecule has 0 bridgehead atoms. The van der Waals surface area contributed by atoms with Crippen molar-refractivity contribution >= 4 is 43.5 Å². The number of benzene rings is 2. The van der Waals surface area contributed by atoms with Crippen molar-refractivity contribution < 1.29 is 32.2 Å². The van der Waals surface area contributed by atoms with Gasteiger partial charge in [-0.3, -0.25) is 9.59 Å². The van der Waals surface area contributed by atoms with Gasteiger partial charge in [0.05, 0.1) is 35.9 Å². The Balaban J connectivity index is 1.71. The molecule has 0 radical (unpaired) electrons. The third kappa shape index (κ3) is 5.15. The van der Waals surface area contributed by atoms with E-state index in [0.717, 1.165) is 4.70 Å². The molecule has 10 nitrogen and oxygen atoms in total. The summed E-state index contributed by atoms with van der Waals surface area (Å²) < 4.78 is 45.7. The second-order valence-corrected chi connectivity index (χ2v) is 10.9. The monoisotopic (exact) mass is 533 g/mol. The minimum Gasteiger partial charge on any atom is -0.497 e. The van der Waals surface area contributed by atoms with Gasteiger partial charge in [0.25, 0.3) is 5.91 Å². The van der Waals surface area contributed by atoms with Gasteiger partial charge in [0.15, 0.2) is 4.80 Å². The van der Waals surface area contributed by atoms with E-state index in [0.29, 0.717) is 29.9 Å². The molecule has 0 saturated carbocycles. The van der Waals surface area contributed by atoms with Gasteiger partial charge in [-0.1, -0.05) is 11.3 Å². The minimum atomic E-state index is -3.92. The SMILES string of the molecule is CCOC(=O)Cn1c(=NC(=O)C2CCCN2S(=O)(=O)c2ccc(OC)cc2)sc2cc(OC)ccc21. The van der Waals surface area contributed by atoms with Crippen LogP contribution in [-0.2, 0) is 30.9 Å². The summed E-state index contributed by atoms with van der Waals surface area (Å²) >= 11 is 1.22. The highest BCUT2D eigenvalue weighted by Crippen LogP contribution is 2.28. The van der Waals surface area contributed by atoms with E-state index in [-0.39, 0.29) is 29.4 Å². The van der Waals surface area contributed by atoms with Gasteiger partial charge < -0.3 is 18.8 Å². The quantitative estimate of drug-likeness (QED) is 0.409. The molecule has 12 heteroatoms.